The van der Waals surface area contributed by atoms with Crippen molar-refractivity contribution in [3.63, 3.8) is 0 Å². The summed E-state index contributed by atoms with van der Waals surface area (Å²) in [5.41, 5.74) is 3.68. The summed E-state index contributed by atoms with van der Waals surface area (Å²) in [5.74, 6) is 0. The van der Waals surface area contributed by atoms with E-state index in [2.05, 4.69) is 36.7 Å². The molecule has 0 atom stereocenters. The van der Waals surface area contributed by atoms with Crippen LogP contribution >= 0.6 is 39.2 Å². The molecule has 100 valence electrons. The van der Waals surface area contributed by atoms with E-state index < -0.39 is 0 Å². The van der Waals surface area contributed by atoms with Crippen LogP contribution in [-0.4, -0.2) is 9.97 Å². The number of halogens is 1. The zero-order valence-electron chi connectivity index (χ0n) is 10.4. The molecule has 0 fully saturated rings. The number of rotatable bonds is 3. The molecule has 4 nitrogen and oxygen atoms in total. The van der Waals surface area contributed by atoms with Crippen LogP contribution in [0.1, 0.15) is 11.1 Å². The Balaban J connectivity index is 1.94. The van der Waals surface area contributed by atoms with Crippen LogP contribution < -0.4 is 4.72 Å². The van der Waals surface area contributed by atoms with Crippen molar-refractivity contribution in [2.24, 2.45) is 0 Å². The Kier molecular flexibility index (Phi) is 3.70. The first-order chi connectivity index (χ1) is 9.69. The van der Waals surface area contributed by atoms with E-state index >= 15 is 0 Å². The van der Waals surface area contributed by atoms with Gasteiger partial charge in [-0.05, 0) is 46.4 Å². The van der Waals surface area contributed by atoms with Gasteiger partial charge in [-0.3, -0.25) is 0 Å². The number of hydrogen-bond donors (Lipinski definition) is 2. The minimum Gasteiger partial charge on any atom is -0.358 e. The van der Waals surface area contributed by atoms with E-state index in [1.807, 2.05) is 25.3 Å². The van der Waals surface area contributed by atoms with Crippen molar-refractivity contribution in [2.75, 3.05) is 4.72 Å². The number of aromatic nitrogens is 2. The lowest BCUT2D eigenvalue weighted by atomic mass is 10.1. The van der Waals surface area contributed by atoms with Gasteiger partial charge in [0.25, 0.3) is 0 Å². The number of nitriles is 1. The number of thiazole rings is 1. The molecule has 0 aliphatic rings. The van der Waals surface area contributed by atoms with Crippen molar-refractivity contribution in [1.29, 1.82) is 5.26 Å². The maximum atomic E-state index is 9.14. The lowest BCUT2D eigenvalue weighted by Gasteiger charge is -2.06. The van der Waals surface area contributed by atoms with E-state index in [1.165, 1.54) is 11.9 Å². The molecule has 3 rings (SSSR count). The number of H-pyrrole nitrogens is 1. The predicted octanol–water partition coefficient (Wildman–Crippen LogP) is 4.69. The van der Waals surface area contributed by atoms with Crippen molar-refractivity contribution in [1.82, 2.24) is 9.97 Å². The van der Waals surface area contributed by atoms with Gasteiger partial charge in [-0.15, -0.1) is 0 Å². The molecule has 0 spiro atoms. The molecule has 0 aliphatic carbocycles. The smallest absolute Gasteiger partial charge is 0.160 e. The molecule has 2 aromatic heterocycles. The van der Waals surface area contributed by atoms with Crippen LogP contribution in [0.2, 0.25) is 0 Å². The highest BCUT2D eigenvalue weighted by molar-refractivity contribution is 9.11. The van der Waals surface area contributed by atoms with Crippen LogP contribution in [0.4, 0.5) is 5.69 Å². The van der Waals surface area contributed by atoms with Crippen molar-refractivity contribution in [2.45, 2.75) is 11.1 Å². The first-order valence-corrected chi connectivity index (χ1v) is 8.16. The van der Waals surface area contributed by atoms with Crippen molar-refractivity contribution in [3.8, 4) is 6.07 Å². The van der Waals surface area contributed by atoms with E-state index in [0.29, 0.717) is 5.56 Å². The maximum absolute atomic E-state index is 9.14. The topological polar surface area (TPSA) is 64.5 Å². The SMILES string of the molecule is Cc1ccc(NSc2cnc(Br)s2)c2[nH]cc(C#N)c12. The first-order valence-electron chi connectivity index (χ1n) is 5.74. The number of fused-ring (bicyclic) bond motifs is 1. The zero-order chi connectivity index (χ0) is 14.1. The highest BCUT2D eigenvalue weighted by Crippen LogP contribution is 2.33. The maximum Gasteiger partial charge on any atom is 0.160 e. The van der Waals surface area contributed by atoms with Gasteiger partial charge in [-0.2, -0.15) is 5.26 Å². The summed E-state index contributed by atoms with van der Waals surface area (Å²) < 4.78 is 5.24. The van der Waals surface area contributed by atoms with Crippen molar-refractivity contribution >= 4 is 55.8 Å². The number of anilines is 1. The largest absolute Gasteiger partial charge is 0.358 e. The van der Waals surface area contributed by atoms with Gasteiger partial charge < -0.3 is 9.71 Å². The second-order valence-corrected chi connectivity index (χ2v) is 7.54. The van der Waals surface area contributed by atoms with Gasteiger partial charge in [0.2, 0.25) is 0 Å². The second kappa shape index (κ2) is 5.48. The van der Waals surface area contributed by atoms with Crippen LogP contribution in [-0.2, 0) is 0 Å². The average Bonchev–Trinajstić information content (AvgIpc) is 3.05. The number of hydrogen-bond acceptors (Lipinski definition) is 5. The number of benzene rings is 1. The monoisotopic (exact) mass is 364 g/mol. The normalized spacial score (nSPS) is 10.7. The average molecular weight is 365 g/mol. The second-order valence-electron chi connectivity index (χ2n) is 4.13. The Morgan fingerprint density at radius 2 is 2.35 bits per heavy atom. The summed E-state index contributed by atoms with van der Waals surface area (Å²) in [4.78, 5) is 7.32. The molecule has 0 unspecified atom stereocenters. The van der Waals surface area contributed by atoms with Gasteiger partial charge in [0.1, 0.15) is 10.3 Å². The van der Waals surface area contributed by atoms with Crippen molar-refractivity contribution in [3.05, 3.63) is 39.6 Å². The third-order valence-electron chi connectivity index (χ3n) is 2.88. The Morgan fingerprint density at radius 3 is 3.05 bits per heavy atom. The Morgan fingerprint density at radius 1 is 1.50 bits per heavy atom. The molecule has 2 heterocycles. The highest BCUT2D eigenvalue weighted by atomic mass is 79.9. The van der Waals surface area contributed by atoms with Gasteiger partial charge in [0.05, 0.1) is 23.0 Å². The standard InChI is InChI=1S/C13H9BrN4S2/c1-7-2-3-9(12-11(7)8(4-15)5-16-12)18-20-10-6-17-13(14)19-10/h2-3,5-6,16,18H,1H3. The minimum atomic E-state index is 0.673. The fourth-order valence-corrected chi connectivity index (χ4v) is 4.32. The third-order valence-corrected chi connectivity index (χ3v) is 5.28. The van der Waals surface area contributed by atoms with Gasteiger partial charge in [0, 0.05) is 11.6 Å². The van der Waals surface area contributed by atoms with Crippen LogP contribution in [0.15, 0.2) is 32.7 Å². The lowest BCUT2D eigenvalue weighted by molar-refractivity contribution is 1.34. The summed E-state index contributed by atoms with van der Waals surface area (Å²) in [6.45, 7) is 2.01. The molecule has 0 radical (unpaired) electrons. The predicted molar refractivity (Wildman–Crippen MR) is 87.0 cm³/mol. The number of aryl methyl sites for hydroxylation is 1. The number of nitrogens with zero attached hydrogens (tertiary/aromatic N) is 2. The fourth-order valence-electron chi connectivity index (χ4n) is 1.99. The molecule has 7 heteroatoms. The summed E-state index contributed by atoms with van der Waals surface area (Å²) in [5, 5.41) is 10.1. The summed E-state index contributed by atoms with van der Waals surface area (Å²) >= 11 is 6.42. The molecular weight excluding hydrogens is 356 g/mol. The highest BCUT2D eigenvalue weighted by Gasteiger charge is 2.10. The quantitative estimate of drug-likeness (QED) is 0.661. The first kappa shape index (κ1) is 13.5. The molecule has 2 N–H and O–H groups in total. The van der Waals surface area contributed by atoms with E-state index in [0.717, 1.165) is 30.3 Å². The Hall–Kier alpha value is -1.49. The molecular formula is C13H9BrN4S2. The Bertz CT molecular complexity index is 815. The molecule has 3 aromatic rings. The van der Waals surface area contributed by atoms with E-state index in [4.69, 9.17) is 5.26 Å². The molecule has 0 saturated carbocycles. The summed E-state index contributed by atoms with van der Waals surface area (Å²) in [6.07, 6.45) is 3.56. The lowest BCUT2D eigenvalue weighted by Crippen LogP contribution is -1.88. The number of nitrogens with one attached hydrogen (secondary N) is 2. The summed E-state index contributed by atoms with van der Waals surface area (Å²) in [7, 11) is 0. The molecule has 0 aliphatic heterocycles. The van der Waals surface area contributed by atoms with Gasteiger partial charge in [0.15, 0.2) is 3.92 Å². The van der Waals surface area contributed by atoms with Crippen LogP contribution in [0.3, 0.4) is 0 Å². The Labute approximate surface area is 132 Å². The van der Waals surface area contributed by atoms with Crippen LogP contribution in [0.5, 0.6) is 0 Å². The molecule has 0 amide bonds. The van der Waals surface area contributed by atoms with Crippen LogP contribution in [0, 0.1) is 18.3 Å². The minimum absolute atomic E-state index is 0.673. The van der Waals surface area contributed by atoms with E-state index in [-0.39, 0.29) is 0 Å². The molecule has 20 heavy (non-hydrogen) atoms. The van der Waals surface area contributed by atoms with E-state index in [9.17, 15) is 0 Å². The number of aromatic amines is 1. The van der Waals surface area contributed by atoms with E-state index in [1.54, 1.807) is 17.5 Å². The van der Waals surface area contributed by atoms with Crippen molar-refractivity contribution < 1.29 is 0 Å². The molecule has 0 bridgehead atoms. The molecule has 0 saturated heterocycles. The van der Waals surface area contributed by atoms with Gasteiger partial charge in [-0.25, -0.2) is 4.98 Å². The molecule has 1 aromatic carbocycles. The third kappa shape index (κ3) is 2.42. The summed E-state index contributed by atoms with van der Waals surface area (Å²) in [6, 6.07) is 6.24. The van der Waals surface area contributed by atoms with Crippen LogP contribution in [0.25, 0.3) is 10.9 Å². The zero-order valence-corrected chi connectivity index (χ0v) is 13.6. The van der Waals surface area contributed by atoms with Gasteiger partial charge in [-0.1, -0.05) is 17.4 Å². The fraction of sp³-hybridized carbons (Fsp3) is 0.0769. The van der Waals surface area contributed by atoms with Gasteiger partial charge >= 0.3 is 0 Å².